The van der Waals surface area contributed by atoms with E-state index in [9.17, 15) is 4.79 Å². The molecule has 6 heteroatoms. The van der Waals surface area contributed by atoms with Gasteiger partial charge in [0.1, 0.15) is 0 Å². The van der Waals surface area contributed by atoms with Crippen molar-refractivity contribution in [1.82, 2.24) is 5.32 Å². The third kappa shape index (κ3) is 3.91. The lowest BCUT2D eigenvalue weighted by Crippen LogP contribution is -2.25. The fourth-order valence-electron chi connectivity index (χ4n) is 0.993. The van der Waals surface area contributed by atoms with Gasteiger partial charge < -0.3 is 5.32 Å². The lowest BCUT2D eigenvalue weighted by molar-refractivity contribution is 0.0957. The fourth-order valence-corrected chi connectivity index (χ4v) is 2.18. The molecule has 0 unspecified atom stereocenters. The number of benzene rings is 1. The number of carbonyl (C=O) groups excluding carboxylic acids is 1. The van der Waals surface area contributed by atoms with Crippen molar-refractivity contribution in [3.8, 4) is 0 Å². The standard InChI is InChI=1S/C10H7BrCl2INO/c1-5(11)4-15-10(16)7-2-6(12)3-8(13)9(7)14/h2-3H,1,4H2,(H,15,16). The van der Waals surface area contributed by atoms with E-state index >= 15 is 0 Å². The van der Waals surface area contributed by atoms with Crippen molar-refractivity contribution in [2.45, 2.75) is 0 Å². The van der Waals surface area contributed by atoms with E-state index in [1.807, 2.05) is 22.6 Å². The molecule has 0 saturated carbocycles. The summed E-state index contributed by atoms with van der Waals surface area (Å²) in [7, 11) is 0. The number of carbonyl (C=O) groups is 1. The van der Waals surface area contributed by atoms with Crippen LogP contribution in [0.4, 0.5) is 0 Å². The molecule has 86 valence electrons. The molecule has 0 fully saturated rings. The first-order chi connectivity index (χ1) is 7.41. The zero-order valence-corrected chi connectivity index (χ0v) is 13.2. The molecule has 0 saturated heterocycles. The van der Waals surface area contributed by atoms with Gasteiger partial charge in [0, 0.05) is 19.6 Å². The van der Waals surface area contributed by atoms with Crippen LogP contribution in [0.25, 0.3) is 0 Å². The molecule has 0 aliphatic rings. The Morgan fingerprint density at radius 1 is 1.50 bits per heavy atom. The Hall–Kier alpha value is 0.220. The molecule has 0 aliphatic carbocycles. The normalized spacial score (nSPS) is 10.0. The fraction of sp³-hybridized carbons (Fsp3) is 0.100. The molecule has 0 heterocycles. The lowest BCUT2D eigenvalue weighted by Gasteiger charge is -2.08. The van der Waals surface area contributed by atoms with Gasteiger partial charge in [0.2, 0.25) is 0 Å². The molecule has 0 atom stereocenters. The zero-order valence-electron chi connectivity index (χ0n) is 7.99. The van der Waals surface area contributed by atoms with Crippen molar-refractivity contribution in [2.24, 2.45) is 0 Å². The van der Waals surface area contributed by atoms with E-state index in [2.05, 4.69) is 27.8 Å². The van der Waals surface area contributed by atoms with Crippen molar-refractivity contribution < 1.29 is 4.79 Å². The van der Waals surface area contributed by atoms with Crippen molar-refractivity contribution in [3.05, 3.63) is 42.4 Å². The van der Waals surface area contributed by atoms with Gasteiger partial charge in [-0.25, -0.2) is 0 Å². The minimum atomic E-state index is -0.227. The summed E-state index contributed by atoms with van der Waals surface area (Å²) in [6.45, 7) is 3.99. The molecule has 0 aromatic heterocycles. The summed E-state index contributed by atoms with van der Waals surface area (Å²) < 4.78 is 1.38. The van der Waals surface area contributed by atoms with E-state index in [4.69, 9.17) is 23.2 Å². The van der Waals surface area contributed by atoms with Gasteiger partial charge in [-0.15, -0.1) is 0 Å². The first-order valence-corrected chi connectivity index (χ1v) is 6.80. The highest BCUT2D eigenvalue weighted by Crippen LogP contribution is 2.26. The second kappa shape index (κ2) is 6.23. The third-order valence-electron chi connectivity index (χ3n) is 1.68. The van der Waals surface area contributed by atoms with Crippen LogP contribution in [0.5, 0.6) is 0 Å². The predicted octanol–water partition coefficient (Wildman–Crippen LogP) is 4.24. The number of halogens is 4. The molecule has 0 spiro atoms. The lowest BCUT2D eigenvalue weighted by atomic mass is 10.2. The SMILES string of the molecule is C=C(Br)CNC(=O)c1cc(Cl)cc(Cl)c1I. The highest BCUT2D eigenvalue weighted by Gasteiger charge is 2.13. The molecule has 1 aromatic carbocycles. The van der Waals surface area contributed by atoms with Gasteiger partial charge in [-0.1, -0.05) is 45.7 Å². The van der Waals surface area contributed by atoms with Gasteiger partial charge in [0.15, 0.2) is 0 Å². The molecule has 0 bridgehead atoms. The van der Waals surface area contributed by atoms with E-state index in [0.717, 1.165) is 0 Å². The van der Waals surface area contributed by atoms with E-state index in [1.165, 1.54) is 0 Å². The van der Waals surface area contributed by atoms with E-state index in [0.29, 0.717) is 30.2 Å². The number of amides is 1. The summed E-state index contributed by atoms with van der Waals surface area (Å²) in [4.78, 5) is 11.8. The molecule has 1 N–H and O–H groups in total. The summed E-state index contributed by atoms with van der Waals surface area (Å²) in [5.41, 5.74) is 0.465. The van der Waals surface area contributed by atoms with Crippen LogP contribution >= 0.6 is 61.7 Å². The number of nitrogens with one attached hydrogen (secondary N) is 1. The second-order valence-electron chi connectivity index (χ2n) is 2.95. The molecule has 1 aromatic rings. The van der Waals surface area contributed by atoms with Gasteiger partial charge in [0.05, 0.1) is 10.6 Å². The molecule has 2 nitrogen and oxygen atoms in total. The maximum atomic E-state index is 11.8. The second-order valence-corrected chi connectivity index (χ2v) is 5.99. The van der Waals surface area contributed by atoms with E-state index in [1.54, 1.807) is 12.1 Å². The Balaban J connectivity index is 2.95. The summed E-state index contributed by atoms with van der Waals surface area (Å²) >= 11 is 16.9. The first-order valence-electron chi connectivity index (χ1n) is 4.18. The molecular formula is C10H7BrCl2INO. The largest absolute Gasteiger partial charge is 0.347 e. The maximum absolute atomic E-state index is 11.8. The molecule has 0 aliphatic heterocycles. The quantitative estimate of drug-likeness (QED) is 0.559. The molecule has 0 radical (unpaired) electrons. The van der Waals surface area contributed by atoms with Gasteiger partial charge in [-0.3, -0.25) is 4.79 Å². The Morgan fingerprint density at radius 3 is 2.69 bits per heavy atom. The average molecular weight is 435 g/mol. The third-order valence-corrected chi connectivity index (χ3v) is 3.96. The number of hydrogen-bond donors (Lipinski definition) is 1. The van der Waals surface area contributed by atoms with Crippen LogP contribution in [0.15, 0.2) is 23.2 Å². The number of rotatable bonds is 3. The Morgan fingerprint density at radius 2 is 2.12 bits per heavy atom. The van der Waals surface area contributed by atoms with Gasteiger partial charge in [-0.05, 0) is 34.7 Å². The summed E-state index contributed by atoms with van der Waals surface area (Å²) in [6, 6.07) is 3.19. The van der Waals surface area contributed by atoms with Crippen molar-refractivity contribution in [2.75, 3.05) is 6.54 Å². The van der Waals surface area contributed by atoms with Crippen LogP contribution < -0.4 is 5.32 Å². The maximum Gasteiger partial charge on any atom is 0.252 e. The minimum absolute atomic E-state index is 0.227. The monoisotopic (exact) mass is 433 g/mol. The van der Waals surface area contributed by atoms with Gasteiger partial charge >= 0.3 is 0 Å². The minimum Gasteiger partial charge on any atom is -0.347 e. The van der Waals surface area contributed by atoms with Crippen LogP contribution in [0, 0.1) is 3.57 Å². The Kier molecular flexibility index (Phi) is 5.56. The van der Waals surface area contributed by atoms with Crippen LogP contribution in [-0.4, -0.2) is 12.5 Å². The molecule has 1 amide bonds. The Bertz CT molecular complexity index is 451. The molecular weight excluding hydrogens is 428 g/mol. The highest BCUT2D eigenvalue weighted by atomic mass is 127. The first kappa shape index (κ1) is 14.3. The highest BCUT2D eigenvalue weighted by molar-refractivity contribution is 14.1. The predicted molar refractivity (Wildman–Crippen MR) is 79.6 cm³/mol. The van der Waals surface area contributed by atoms with Crippen LogP contribution in [0.2, 0.25) is 10.0 Å². The topological polar surface area (TPSA) is 29.1 Å². The van der Waals surface area contributed by atoms with Crippen molar-refractivity contribution in [1.29, 1.82) is 0 Å². The van der Waals surface area contributed by atoms with Gasteiger partial charge in [-0.2, -0.15) is 0 Å². The molecule has 1 rings (SSSR count). The van der Waals surface area contributed by atoms with E-state index in [-0.39, 0.29) is 5.91 Å². The van der Waals surface area contributed by atoms with Crippen LogP contribution in [-0.2, 0) is 0 Å². The summed E-state index contributed by atoms with van der Waals surface area (Å²) in [6.07, 6.45) is 0. The smallest absolute Gasteiger partial charge is 0.252 e. The van der Waals surface area contributed by atoms with E-state index < -0.39 is 0 Å². The van der Waals surface area contributed by atoms with Gasteiger partial charge in [0.25, 0.3) is 5.91 Å². The summed E-state index contributed by atoms with van der Waals surface area (Å²) in [5.74, 6) is -0.227. The Labute approximate surface area is 126 Å². The van der Waals surface area contributed by atoms with Crippen molar-refractivity contribution >= 4 is 67.6 Å². The average Bonchev–Trinajstić information content (AvgIpc) is 2.19. The zero-order chi connectivity index (χ0) is 12.3. The van der Waals surface area contributed by atoms with Crippen molar-refractivity contribution in [3.63, 3.8) is 0 Å². The van der Waals surface area contributed by atoms with Crippen LogP contribution in [0.1, 0.15) is 10.4 Å². The molecule has 16 heavy (non-hydrogen) atoms. The van der Waals surface area contributed by atoms with Crippen LogP contribution in [0.3, 0.4) is 0 Å². The summed E-state index contributed by atoms with van der Waals surface area (Å²) in [5, 5.41) is 3.59. The number of hydrogen-bond acceptors (Lipinski definition) is 1.